The maximum absolute atomic E-state index is 12.7. The van der Waals surface area contributed by atoms with E-state index in [-0.39, 0.29) is 5.78 Å². The molecule has 0 amide bonds. The number of fused-ring (bicyclic) bond motifs is 1. The fraction of sp³-hybridized carbons (Fsp3) is 0.118. The van der Waals surface area contributed by atoms with E-state index in [4.69, 9.17) is 0 Å². The number of halogens is 1. The quantitative estimate of drug-likeness (QED) is 0.636. The molecule has 0 aliphatic carbocycles. The first kappa shape index (κ1) is 13.1. The van der Waals surface area contributed by atoms with E-state index in [1.54, 1.807) is 0 Å². The first-order valence-electron chi connectivity index (χ1n) is 6.42. The van der Waals surface area contributed by atoms with E-state index in [0.717, 1.165) is 32.1 Å². The maximum atomic E-state index is 12.7. The van der Waals surface area contributed by atoms with Crippen LogP contribution in [0, 0.1) is 6.92 Å². The smallest absolute Gasteiger partial charge is 0.195 e. The van der Waals surface area contributed by atoms with Gasteiger partial charge in [-0.05, 0) is 25.1 Å². The summed E-state index contributed by atoms with van der Waals surface area (Å²) in [4.78, 5) is 12.7. The van der Waals surface area contributed by atoms with E-state index in [0.29, 0.717) is 0 Å². The minimum absolute atomic E-state index is 0.0636. The number of rotatable bonds is 2. The molecule has 1 heterocycles. The number of aryl methyl sites for hydroxylation is 2. The lowest BCUT2D eigenvalue weighted by Gasteiger charge is -2.01. The second-order valence-electron chi connectivity index (χ2n) is 5.01. The topological polar surface area (TPSA) is 22.0 Å². The molecule has 2 nitrogen and oxygen atoms in total. The van der Waals surface area contributed by atoms with Gasteiger partial charge in [-0.15, -0.1) is 0 Å². The van der Waals surface area contributed by atoms with Crippen molar-refractivity contribution in [3.63, 3.8) is 0 Å². The van der Waals surface area contributed by atoms with Crippen molar-refractivity contribution in [2.75, 3.05) is 0 Å². The molecule has 0 atom stereocenters. The van der Waals surface area contributed by atoms with Gasteiger partial charge in [0.05, 0.1) is 0 Å². The van der Waals surface area contributed by atoms with E-state index < -0.39 is 0 Å². The number of hydrogen-bond acceptors (Lipinski definition) is 1. The van der Waals surface area contributed by atoms with Crippen molar-refractivity contribution in [3.05, 3.63) is 69.8 Å². The standard InChI is InChI=1S/C17H14BrNO/c1-11-3-5-12(6-4-11)17(20)15-10-19(2)16-8-7-13(18)9-14(15)16/h3-10H,1-2H3. The highest BCUT2D eigenvalue weighted by Gasteiger charge is 2.15. The van der Waals surface area contributed by atoms with Crippen molar-refractivity contribution in [1.82, 2.24) is 4.57 Å². The van der Waals surface area contributed by atoms with Gasteiger partial charge in [-0.1, -0.05) is 45.8 Å². The highest BCUT2D eigenvalue weighted by Crippen LogP contribution is 2.26. The van der Waals surface area contributed by atoms with Crippen molar-refractivity contribution < 1.29 is 4.79 Å². The number of ketones is 1. The molecule has 0 aliphatic rings. The van der Waals surface area contributed by atoms with Crippen LogP contribution in [0.15, 0.2) is 53.1 Å². The summed E-state index contributed by atoms with van der Waals surface area (Å²) in [5.41, 5.74) is 3.68. The predicted octanol–water partition coefficient (Wildman–Crippen LogP) is 4.48. The van der Waals surface area contributed by atoms with Gasteiger partial charge in [0.2, 0.25) is 0 Å². The van der Waals surface area contributed by atoms with Crippen LogP contribution in [0.1, 0.15) is 21.5 Å². The van der Waals surface area contributed by atoms with Crippen molar-refractivity contribution in [3.8, 4) is 0 Å². The van der Waals surface area contributed by atoms with Crippen LogP contribution in [-0.2, 0) is 7.05 Å². The van der Waals surface area contributed by atoms with E-state index in [1.807, 2.05) is 67.2 Å². The van der Waals surface area contributed by atoms with Gasteiger partial charge in [0.25, 0.3) is 0 Å². The van der Waals surface area contributed by atoms with Crippen molar-refractivity contribution in [1.29, 1.82) is 0 Å². The summed E-state index contributed by atoms with van der Waals surface area (Å²) >= 11 is 3.47. The van der Waals surface area contributed by atoms with Crippen LogP contribution in [-0.4, -0.2) is 10.4 Å². The number of nitrogens with zero attached hydrogens (tertiary/aromatic N) is 1. The van der Waals surface area contributed by atoms with Crippen molar-refractivity contribution in [2.45, 2.75) is 6.92 Å². The zero-order valence-corrected chi connectivity index (χ0v) is 12.9. The zero-order chi connectivity index (χ0) is 14.3. The third kappa shape index (κ3) is 2.18. The van der Waals surface area contributed by atoms with Crippen molar-refractivity contribution >= 4 is 32.6 Å². The molecule has 0 saturated carbocycles. The Balaban J connectivity index is 2.16. The minimum atomic E-state index is 0.0636. The molecule has 0 spiro atoms. The van der Waals surface area contributed by atoms with Gasteiger partial charge in [-0.3, -0.25) is 4.79 Å². The molecule has 3 heteroatoms. The number of hydrogen-bond donors (Lipinski definition) is 0. The fourth-order valence-electron chi connectivity index (χ4n) is 2.41. The van der Waals surface area contributed by atoms with Crippen LogP contribution in [0.3, 0.4) is 0 Å². The number of benzene rings is 2. The Labute approximate surface area is 126 Å². The summed E-state index contributed by atoms with van der Waals surface area (Å²) in [6, 6.07) is 13.7. The van der Waals surface area contributed by atoms with Crippen LogP contribution in [0.2, 0.25) is 0 Å². The molecule has 0 radical (unpaired) electrons. The molecule has 2 aromatic carbocycles. The van der Waals surface area contributed by atoms with E-state index in [2.05, 4.69) is 15.9 Å². The largest absolute Gasteiger partial charge is 0.350 e. The molecular formula is C17H14BrNO. The lowest BCUT2D eigenvalue weighted by atomic mass is 10.0. The Morgan fingerprint density at radius 1 is 1.10 bits per heavy atom. The van der Waals surface area contributed by atoms with Crippen molar-refractivity contribution in [2.24, 2.45) is 7.05 Å². The molecule has 0 bridgehead atoms. The highest BCUT2D eigenvalue weighted by molar-refractivity contribution is 9.10. The van der Waals surface area contributed by atoms with Gasteiger partial charge in [0.15, 0.2) is 5.78 Å². The molecular weight excluding hydrogens is 314 g/mol. The predicted molar refractivity (Wildman–Crippen MR) is 85.2 cm³/mol. The second kappa shape index (κ2) is 4.91. The Morgan fingerprint density at radius 3 is 2.50 bits per heavy atom. The lowest BCUT2D eigenvalue weighted by molar-refractivity contribution is 0.104. The van der Waals surface area contributed by atoms with E-state index in [1.165, 1.54) is 0 Å². The number of carbonyl (C=O) groups excluding carboxylic acids is 1. The van der Waals surface area contributed by atoms with E-state index >= 15 is 0 Å². The molecule has 0 N–H and O–H groups in total. The Hall–Kier alpha value is -1.87. The van der Waals surface area contributed by atoms with Crippen LogP contribution >= 0.6 is 15.9 Å². The van der Waals surface area contributed by atoms with Gasteiger partial charge in [0.1, 0.15) is 0 Å². The molecule has 20 heavy (non-hydrogen) atoms. The number of aromatic nitrogens is 1. The first-order valence-corrected chi connectivity index (χ1v) is 7.21. The molecule has 0 aliphatic heterocycles. The molecule has 1 aromatic heterocycles. The average Bonchev–Trinajstić information content (AvgIpc) is 2.75. The van der Waals surface area contributed by atoms with Gasteiger partial charge in [0, 0.05) is 39.7 Å². The first-order chi connectivity index (χ1) is 9.56. The normalized spacial score (nSPS) is 10.9. The highest BCUT2D eigenvalue weighted by atomic mass is 79.9. The lowest BCUT2D eigenvalue weighted by Crippen LogP contribution is -2.00. The minimum Gasteiger partial charge on any atom is -0.350 e. The van der Waals surface area contributed by atoms with Gasteiger partial charge in [-0.2, -0.15) is 0 Å². The van der Waals surface area contributed by atoms with Crippen LogP contribution in [0.25, 0.3) is 10.9 Å². The van der Waals surface area contributed by atoms with Crippen LogP contribution < -0.4 is 0 Å². The Kier molecular flexibility index (Phi) is 3.22. The van der Waals surface area contributed by atoms with Crippen LogP contribution in [0.4, 0.5) is 0 Å². The molecule has 3 aromatic rings. The molecule has 3 rings (SSSR count). The Morgan fingerprint density at radius 2 is 1.80 bits per heavy atom. The molecule has 0 fully saturated rings. The van der Waals surface area contributed by atoms with Gasteiger partial charge in [-0.25, -0.2) is 0 Å². The summed E-state index contributed by atoms with van der Waals surface area (Å²) in [5, 5.41) is 0.979. The second-order valence-corrected chi connectivity index (χ2v) is 5.93. The number of carbonyl (C=O) groups is 1. The Bertz CT molecular complexity index is 800. The SMILES string of the molecule is Cc1ccc(C(=O)c2cn(C)c3ccc(Br)cc23)cc1. The molecule has 100 valence electrons. The summed E-state index contributed by atoms with van der Waals surface area (Å²) in [6.07, 6.45) is 1.90. The molecule has 0 saturated heterocycles. The summed E-state index contributed by atoms with van der Waals surface area (Å²) in [6.45, 7) is 2.02. The summed E-state index contributed by atoms with van der Waals surface area (Å²) in [7, 11) is 1.96. The molecule has 0 unspecified atom stereocenters. The van der Waals surface area contributed by atoms with E-state index in [9.17, 15) is 4.79 Å². The fourth-order valence-corrected chi connectivity index (χ4v) is 2.77. The third-order valence-electron chi connectivity index (χ3n) is 3.51. The van der Waals surface area contributed by atoms with Gasteiger partial charge < -0.3 is 4.57 Å². The average molecular weight is 328 g/mol. The summed E-state index contributed by atoms with van der Waals surface area (Å²) < 4.78 is 2.97. The van der Waals surface area contributed by atoms with Gasteiger partial charge >= 0.3 is 0 Å². The third-order valence-corrected chi connectivity index (χ3v) is 4.00. The zero-order valence-electron chi connectivity index (χ0n) is 11.4. The summed E-state index contributed by atoms with van der Waals surface area (Å²) in [5.74, 6) is 0.0636. The van der Waals surface area contributed by atoms with Crippen LogP contribution in [0.5, 0.6) is 0 Å². The maximum Gasteiger partial charge on any atom is 0.195 e. The monoisotopic (exact) mass is 327 g/mol.